The van der Waals surface area contributed by atoms with Gasteiger partial charge in [0.25, 0.3) is 5.91 Å². The SMILES string of the molecule is O=C(O)c1cccnc1C(=O)NCc1cccc(CO)c1. The molecule has 0 aliphatic heterocycles. The minimum atomic E-state index is -1.20. The van der Waals surface area contributed by atoms with E-state index in [0.29, 0.717) is 0 Å². The Balaban J connectivity index is 2.10. The zero-order chi connectivity index (χ0) is 15.2. The second kappa shape index (κ2) is 6.62. The van der Waals surface area contributed by atoms with Crippen molar-refractivity contribution in [3.63, 3.8) is 0 Å². The predicted molar refractivity (Wildman–Crippen MR) is 74.7 cm³/mol. The van der Waals surface area contributed by atoms with Gasteiger partial charge in [0.2, 0.25) is 0 Å². The number of aliphatic hydroxyl groups excluding tert-OH is 1. The number of carboxylic acid groups (broad SMARTS) is 1. The first-order chi connectivity index (χ1) is 10.1. The molecule has 6 nitrogen and oxygen atoms in total. The maximum absolute atomic E-state index is 12.0. The number of nitrogens with one attached hydrogen (secondary N) is 1. The third-order valence-corrected chi connectivity index (χ3v) is 2.88. The second-order valence-corrected chi connectivity index (χ2v) is 4.37. The number of hydrogen-bond donors (Lipinski definition) is 3. The van der Waals surface area contributed by atoms with E-state index in [9.17, 15) is 9.59 Å². The van der Waals surface area contributed by atoms with Crippen LogP contribution in [-0.4, -0.2) is 27.1 Å². The van der Waals surface area contributed by atoms with E-state index in [4.69, 9.17) is 10.2 Å². The number of aliphatic hydroxyl groups is 1. The van der Waals surface area contributed by atoms with E-state index < -0.39 is 11.9 Å². The van der Waals surface area contributed by atoms with Gasteiger partial charge in [0.1, 0.15) is 5.69 Å². The lowest BCUT2D eigenvalue weighted by Gasteiger charge is -2.07. The number of carbonyl (C=O) groups excluding carboxylic acids is 1. The highest BCUT2D eigenvalue weighted by Gasteiger charge is 2.17. The van der Waals surface area contributed by atoms with Crippen molar-refractivity contribution in [1.29, 1.82) is 0 Å². The van der Waals surface area contributed by atoms with Crippen LogP contribution in [-0.2, 0) is 13.2 Å². The van der Waals surface area contributed by atoms with Crippen LogP contribution in [0.1, 0.15) is 32.0 Å². The van der Waals surface area contributed by atoms with Crippen LogP contribution in [0.4, 0.5) is 0 Å². The molecule has 2 rings (SSSR count). The summed E-state index contributed by atoms with van der Waals surface area (Å²) in [4.78, 5) is 26.9. The molecule has 0 fully saturated rings. The molecule has 108 valence electrons. The number of aromatic carboxylic acids is 1. The molecule has 1 aromatic heterocycles. The smallest absolute Gasteiger partial charge is 0.338 e. The summed E-state index contributed by atoms with van der Waals surface area (Å²) in [5.74, 6) is -1.75. The lowest BCUT2D eigenvalue weighted by atomic mass is 10.1. The molecule has 0 aliphatic rings. The minimum Gasteiger partial charge on any atom is -0.478 e. The Labute approximate surface area is 121 Å². The maximum atomic E-state index is 12.0. The number of pyridine rings is 1. The van der Waals surface area contributed by atoms with Gasteiger partial charge in [0.05, 0.1) is 12.2 Å². The van der Waals surface area contributed by atoms with Gasteiger partial charge in [0, 0.05) is 12.7 Å². The lowest BCUT2D eigenvalue weighted by molar-refractivity contribution is 0.0690. The molecule has 0 bridgehead atoms. The summed E-state index contributed by atoms with van der Waals surface area (Å²) in [6.45, 7) is 0.146. The van der Waals surface area contributed by atoms with Crippen LogP contribution in [0.3, 0.4) is 0 Å². The van der Waals surface area contributed by atoms with Gasteiger partial charge in [-0.25, -0.2) is 4.79 Å². The van der Waals surface area contributed by atoms with Crippen LogP contribution in [0, 0.1) is 0 Å². The topological polar surface area (TPSA) is 99.5 Å². The number of carboxylic acids is 1. The summed E-state index contributed by atoms with van der Waals surface area (Å²) in [5.41, 5.74) is 1.29. The van der Waals surface area contributed by atoms with Crippen molar-refractivity contribution < 1.29 is 19.8 Å². The zero-order valence-electron chi connectivity index (χ0n) is 11.1. The van der Waals surface area contributed by atoms with Crippen LogP contribution in [0.25, 0.3) is 0 Å². The molecular formula is C15H14N2O4. The molecule has 0 unspecified atom stereocenters. The highest BCUT2D eigenvalue weighted by atomic mass is 16.4. The first-order valence-corrected chi connectivity index (χ1v) is 6.27. The van der Waals surface area contributed by atoms with Crippen LogP contribution < -0.4 is 5.32 Å². The van der Waals surface area contributed by atoms with E-state index in [1.54, 1.807) is 24.3 Å². The molecule has 0 saturated carbocycles. The molecule has 0 radical (unpaired) electrons. The summed E-state index contributed by atoms with van der Waals surface area (Å²) in [6, 6.07) is 9.90. The first kappa shape index (κ1) is 14.7. The molecule has 21 heavy (non-hydrogen) atoms. The Hall–Kier alpha value is -2.73. The molecule has 2 aromatic rings. The molecule has 6 heteroatoms. The number of carbonyl (C=O) groups is 2. The Morgan fingerprint density at radius 1 is 1.14 bits per heavy atom. The second-order valence-electron chi connectivity index (χ2n) is 4.37. The third kappa shape index (κ3) is 3.64. The standard InChI is InChI=1S/C15H14N2O4/c18-9-11-4-1-3-10(7-11)8-17-14(19)13-12(15(20)21)5-2-6-16-13/h1-7,18H,8-9H2,(H,17,19)(H,20,21). The average Bonchev–Trinajstić information content (AvgIpc) is 2.52. The van der Waals surface area contributed by atoms with E-state index >= 15 is 0 Å². The number of nitrogens with zero attached hydrogens (tertiary/aromatic N) is 1. The van der Waals surface area contributed by atoms with Gasteiger partial charge < -0.3 is 15.5 Å². The Bertz CT molecular complexity index is 670. The number of hydrogen-bond acceptors (Lipinski definition) is 4. The monoisotopic (exact) mass is 286 g/mol. The van der Waals surface area contributed by atoms with Crippen molar-refractivity contribution in [3.05, 3.63) is 65.0 Å². The van der Waals surface area contributed by atoms with E-state index in [1.807, 2.05) is 0 Å². The predicted octanol–water partition coefficient (Wildman–Crippen LogP) is 1.20. The Morgan fingerprint density at radius 3 is 2.62 bits per heavy atom. The van der Waals surface area contributed by atoms with Crippen LogP contribution in [0.2, 0.25) is 0 Å². The van der Waals surface area contributed by atoms with E-state index in [1.165, 1.54) is 18.3 Å². The largest absolute Gasteiger partial charge is 0.478 e. The number of amides is 1. The number of rotatable bonds is 5. The maximum Gasteiger partial charge on any atom is 0.338 e. The highest BCUT2D eigenvalue weighted by molar-refractivity contribution is 6.03. The fraction of sp³-hybridized carbons (Fsp3) is 0.133. The van der Waals surface area contributed by atoms with Crippen molar-refractivity contribution in [2.24, 2.45) is 0 Å². The fourth-order valence-electron chi connectivity index (χ4n) is 1.86. The molecule has 1 amide bonds. The molecule has 0 saturated heterocycles. The lowest BCUT2D eigenvalue weighted by Crippen LogP contribution is -2.26. The third-order valence-electron chi connectivity index (χ3n) is 2.88. The molecular weight excluding hydrogens is 272 g/mol. The van der Waals surface area contributed by atoms with Crippen molar-refractivity contribution in [3.8, 4) is 0 Å². The van der Waals surface area contributed by atoms with Gasteiger partial charge in [-0.1, -0.05) is 24.3 Å². The van der Waals surface area contributed by atoms with Crippen molar-refractivity contribution in [2.75, 3.05) is 0 Å². The average molecular weight is 286 g/mol. The molecule has 3 N–H and O–H groups in total. The molecule has 0 spiro atoms. The normalized spacial score (nSPS) is 10.1. The van der Waals surface area contributed by atoms with E-state index in [2.05, 4.69) is 10.3 Å². The summed E-state index contributed by atoms with van der Waals surface area (Å²) in [6.07, 6.45) is 1.37. The molecule has 0 aliphatic carbocycles. The quantitative estimate of drug-likeness (QED) is 0.767. The molecule has 1 aromatic carbocycles. The summed E-state index contributed by atoms with van der Waals surface area (Å²) < 4.78 is 0. The van der Waals surface area contributed by atoms with Gasteiger partial charge >= 0.3 is 5.97 Å². The molecule has 0 atom stereocenters. The fourth-order valence-corrected chi connectivity index (χ4v) is 1.86. The van der Waals surface area contributed by atoms with E-state index in [-0.39, 0.29) is 24.4 Å². The zero-order valence-corrected chi connectivity index (χ0v) is 11.1. The first-order valence-electron chi connectivity index (χ1n) is 6.27. The summed E-state index contributed by atoms with van der Waals surface area (Å²) >= 11 is 0. The van der Waals surface area contributed by atoms with Crippen molar-refractivity contribution in [2.45, 2.75) is 13.2 Å². The molecule has 1 heterocycles. The van der Waals surface area contributed by atoms with Crippen LogP contribution >= 0.6 is 0 Å². The summed E-state index contributed by atoms with van der Waals surface area (Å²) in [7, 11) is 0. The van der Waals surface area contributed by atoms with E-state index in [0.717, 1.165) is 11.1 Å². The van der Waals surface area contributed by atoms with Crippen molar-refractivity contribution in [1.82, 2.24) is 10.3 Å². The summed E-state index contributed by atoms with van der Waals surface area (Å²) in [5, 5.41) is 20.7. The van der Waals surface area contributed by atoms with Crippen molar-refractivity contribution >= 4 is 11.9 Å². The minimum absolute atomic E-state index is 0.0782. The van der Waals surface area contributed by atoms with Gasteiger partial charge in [-0.05, 0) is 23.3 Å². The highest BCUT2D eigenvalue weighted by Crippen LogP contribution is 2.08. The van der Waals surface area contributed by atoms with Crippen LogP contribution in [0.15, 0.2) is 42.6 Å². The van der Waals surface area contributed by atoms with Gasteiger partial charge in [0.15, 0.2) is 0 Å². The van der Waals surface area contributed by atoms with Gasteiger partial charge in [-0.2, -0.15) is 0 Å². The van der Waals surface area contributed by atoms with Crippen LogP contribution in [0.5, 0.6) is 0 Å². The Morgan fingerprint density at radius 2 is 1.90 bits per heavy atom. The Kier molecular flexibility index (Phi) is 4.63. The number of benzene rings is 1. The van der Waals surface area contributed by atoms with Gasteiger partial charge in [-0.15, -0.1) is 0 Å². The van der Waals surface area contributed by atoms with Gasteiger partial charge in [-0.3, -0.25) is 9.78 Å². The number of aromatic nitrogens is 1.